The van der Waals surface area contributed by atoms with Crippen LogP contribution in [0.5, 0.6) is 0 Å². The standard InChI is InChI=1S/C16H27N3S/c1-5-19(6-2)15-8-7-13(10-17-15)18-14-9-16(3,4)12-20-11-14/h7-8,10,14,18H,5-6,9,11-12H2,1-4H3. The van der Waals surface area contributed by atoms with Gasteiger partial charge in [-0.05, 0) is 43.6 Å². The van der Waals surface area contributed by atoms with Gasteiger partial charge in [-0.25, -0.2) is 4.98 Å². The van der Waals surface area contributed by atoms with E-state index in [0.29, 0.717) is 11.5 Å². The van der Waals surface area contributed by atoms with E-state index in [-0.39, 0.29) is 0 Å². The molecule has 1 fully saturated rings. The number of aromatic nitrogens is 1. The van der Waals surface area contributed by atoms with E-state index in [2.05, 4.69) is 66.8 Å². The van der Waals surface area contributed by atoms with Gasteiger partial charge in [0, 0.05) is 24.9 Å². The molecule has 0 amide bonds. The fourth-order valence-corrected chi connectivity index (χ4v) is 4.07. The summed E-state index contributed by atoms with van der Waals surface area (Å²) in [5.74, 6) is 3.53. The van der Waals surface area contributed by atoms with Crippen molar-refractivity contribution in [1.29, 1.82) is 0 Å². The van der Waals surface area contributed by atoms with Crippen LogP contribution >= 0.6 is 11.8 Å². The van der Waals surface area contributed by atoms with Gasteiger partial charge in [0.1, 0.15) is 5.82 Å². The first kappa shape index (κ1) is 15.5. The highest BCUT2D eigenvalue weighted by molar-refractivity contribution is 7.99. The van der Waals surface area contributed by atoms with Crippen LogP contribution in [0.25, 0.3) is 0 Å². The molecular formula is C16H27N3S. The number of nitrogens with zero attached hydrogens (tertiary/aromatic N) is 2. The van der Waals surface area contributed by atoms with Crippen LogP contribution in [0.2, 0.25) is 0 Å². The quantitative estimate of drug-likeness (QED) is 0.892. The summed E-state index contributed by atoms with van der Waals surface area (Å²) in [7, 11) is 0. The van der Waals surface area contributed by atoms with Crippen LogP contribution < -0.4 is 10.2 Å². The molecule has 0 aromatic carbocycles. The average Bonchev–Trinajstić information content (AvgIpc) is 2.41. The molecule has 1 aromatic rings. The Morgan fingerprint density at radius 1 is 1.35 bits per heavy atom. The monoisotopic (exact) mass is 293 g/mol. The van der Waals surface area contributed by atoms with Crippen molar-refractivity contribution in [3.63, 3.8) is 0 Å². The number of hydrogen-bond acceptors (Lipinski definition) is 4. The number of pyridine rings is 1. The van der Waals surface area contributed by atoms with Crippen LogP contribution in [-0.2, 0) is 0 Å². The van der Waals surface area contributed by atoms with Gasteiger partial charge >= 0.3 is 0 Å². The highest BCUT2D eigenvalue weighted by atomic mass is 32.2. The highest BCUT2D eigenvalue weighted by Gasteiger charge is 2.28. The van der Waals surface area contributed by atoms with Gasteiger partial charge in [0.15, 0.2) is 0 Å². The summed E-state index contributed by atoms with van der Waals surface area (Å²) in [5, 5.41) is 3.64. The summed E-state index contributed by atoms with van der Waals surface area (Å²) < 4.78 is 0. The van der Waals surface area contributed by atoms with Crippen molar-refractivity contribution in [3.05, 3.63) is 18.3 Å². The van der Waals surface area contributed by atoms with Gasteiger partial charge in [0.25, 0.3) is 0 Å². The fraction of sp³-hybridized carbons (Fsp3) is 0.688. The van der Waals surface area contributed by atoms with Crippen LogP contribution in [0.15, 0.2) is 18.3 Å². The SMILES string of the molecule is CCN(CC)c1ccc(NC2CSCC(C)(C)C2)cn1. The summed E-state index contributed by atoms with van der Waals surface area (Å²) >= 11 is 2.05. The molecule has 1 aliphatic heterocycles. The molecule has 112 valence electrons. The van der Waals surface area contributed by atoms with Crippen molar-refractivity contribution in [3.8, 4) is 0 Å². The molecule has 1 unspecified atom stereocenters. The smallest absolute Gasteiger partial charge is 0.128 e. The summed E-state index contributed by atoms with van der Waals surface area (Å²) in [6.07, 6.45) is 3.21. The zero-order valence-corrected chi connectivity index (χ0v) is 14.0. The normalized spacial score (nSPS) is 21.5. The number of rotatable bonds is 5. The molecule has 0 spiro atoms. The molecular weight excluding hydrogens is 266 g/mol. The zero-order chi connectivity index (χ0) is 14.6. The van der Waals surface area contributed by atoms with Crippen LogP contribution in [0.3, 0.4) is 0 Å². The summed E-state index contributed by atoms with van der Waals surface area (Å²) in [5.41, 5.74) is 1.58. The molecule has 1 saturated heterocycles. The van der Waals surface area contributed by atoms with Crippen LogP contribution in [-0.4, -0.2) is 35.6 Å². The molecule has 1 atom stereocenters. The molecule has 0 saturated carbocycles. The van der Waals surface area contributed by atoms with E-state index in [1.54, 1.807) is 0 Å². The average molecular weight is 293 g/mol. The van der Waals surface area contributed by atoms with Gasteiger partial charge in [-0.15, -0.1) is 0 Å². The lowest BCUT2D eigenvalue weighted by atomic mass is 9.88. The first-order chi connectivity index (χ1) is 9.54. The molecule has 1 N–H and O–H groups in total. The van der Waals surface area contributed by atoms with Crippen molar-refractivity contribution in [2.75, 3.05) is 34.8 Å². The Kier molecular flexibility index (Phi) is 5.19. The number of hydrogen-bond donors (Lipinski definition) is 1. The molecule has 1 aromatic heterocycles. The maximum absolute atomic E-state index is 4.58. The van der Waals surface area contributed by atoms with Gasteiger partial charge < -0.3 is 10.2 Å². The minimum atomic E-state index is 0.440. The minimum absolute atomic E-state index is 0.440. The van der Waals surface area contributed by atoms with E-state index in [4.69, 9.17) is 0 Å². The predicted octanol–water partition coefficient (Wildman–Crippen LogP) is 3.87. The summed E-state index contributed by atoms with van der Waals surface area (Å²) in [6, 6.07) is 4.84. The first-order valence-electron chi connectivity index (χ1n) is 7.59. The third-order valence-electron chi connectivity index (χ3n) is 3.82. The number of anilines is 2. The van der Waals surface area contributed by atoms with Crippen LogP contribution in [0, 0.1) is 5.41 Å². The lowest BCUT2D eigenvalue weighted by Gasteiger charge is -2.35. The third kappa shape index (κ3) is 4.05. The molecule has 20 heavy (non-hydrogen) atoms. The second-order valence-electron chi connectivity index (χ2n) is 6.30. The Morgan fingerprint density at radius 2 is 2.10 bits per heavy atom. The maximum atomic E-state index is 4.58. The van der Waals surface area contributed by atoms with Crippen molar-refractivity contribution < 1.29 is 0 Å². The van der Waals surface area contributed by atoms with Gasteiger partial charge in [-0.1, -0.05) is 13.8 Å². The Balaban J connectivity index is 1.97. The van der Waals surface area contributed by atoms with E-state index >= 15 is 0 Å². The highest BCUT2D eigenvalue weighted by Crippen LogP contribution is 2.34. The number of thioether (sulfide) groups is 1. The molecule has 2 rings (SSSR count). The fourth-order valence-electron chi connectivity index (χ4n) is 2.80. The van der Waals surface area contributed by atoms with E-state index < -0.39 is 0 Å². The molecule has 0 aliphatic carbocycles. The van der Waals surface area contributed by atoms with Crippen LogP contribution in [0.4, 0.5) is 11.5 Å². The van der Waals surface area contributed by atoms with Crippen molar-refractivity contribution in [2.24, 2.45) is 5.41 Å². The molecule has 2 heterocycles. The Morgan fingerprint density at radius 3 is 2.65 bits per heavy atom. The summed E-state index contributed by atoms with van der Waals surface area (Å²) in [4.78, 5) is 6.85. The minimum Gasteiger partial charge on any atom is -0.380 e. The predicted molar refractivity (Wildman–Crippen MR) is 90.9 cm³/mol. The van der Waals surface area contributed by atoms with Gasteiger partial charge in [-0.2, -0.15) is 11.8 Å². The Bertz CT molecular complexity index is 412. The number of nitrogens with one attached hydrogen (secondary N) is 1. The lowest BCUT2D eigenvalue weighted by Crippen LogP contribution is -2.35. The van der Waals surface area contributed by atoms with E-state index in [9.17, 15) is 0 Å². The Labute approximate surface area is 127 Å². The molecule has 0 bridgehead atoms. The Hall–Kier alpha value is -0.900. The lowest BCUT2D eigenvalue weighted by molar-refractivity contribution is 0.358. The molecule has 4 heteroatoms. The van der Waals surface area contributed by atoms with E-state index in [1.165, 1.54) is 17.9 Å². The zero-order valence-electron chi connectivity index (χ0n) is 13.1. The van der Waals surface area contributed by atoms with E-state index in [1.807, 2.05) is 6.20 Å². The van der Waals surface area contributed by atoms with Crippen LogP contribution in [0.1, 0.15) is 34.1 Å². The first-order valence-corrected chi connectivity index (χ1v) is 8.75. The van der Waals surface area contributed by atoms with Crippen molar-refractivity contribution in [1.82, 2.24) is 4.98 Å². The van der Waals surface area contributed by atoms with Gasteiger partial charge in [0.2, 0.25) is 0 Å². The van der Waals surface area contributed by atoms with Gasteiger partial charge in [-0.3, -0.25) is 0 Å². The summed E-state index contributed by atoms with van der Waals surface area (Å²) in [6.45, 7) is 11.1. The second kappa shape index (κ2) is 6.70. The molecule has 3 nitrogen and oxygen atoms in total. The molecule has 0 radical (unpaired) electrons. The largest absolute Gasteiger partial charge is 0.380 e. The third-order valence-corrected chi connectivity index (χ3v) is 5.44. The van der Waals surface area contributed by atoms with Crippen molar-refractivity contribution >= 4 is 23.3 Å². The topological polar surface area (TPSA) is 28.2 Å². The molecule has 1 aliphatic rings. The van der Waals surface area contributed by atoms with Gasteiger partial charge in [0.05, 0.1) is 11.9 Å². The second-order valence-corrected chi connectivity index (χ2v) is 7.33. The van der Waals surface area contributed by atoms with E-state index in [0.717, 1.165) is 24.6 Å². The van der Waals surface area contributed by atoms with Crippen molar-refractivity contribution in [2.45, 2.75) is 40.2 Å². The maximum Gasteiger partial charge on any atom is 0.128 e.